The number of hydrogen-bond donors (Lipinski definition) is 0. The Morgan fingerprint density at radius 1 is 1.07 bits per heavy atom. The second-order valence-corrected chi connectivity index (χ2v) is 7.72. The van der Waals surface area contributed by atoms with E-state index in [2.05, 4.69) is 43.0 Å². The Morgan fingerprint density at radius 3 is 2.36 bits per heavy atom. The van der Waals surface area contributed by atoms with E-state index >= 15 is 0 Å². The number of aryl methyl sites for hydroxylation is 3. The van der Waals surface area contributed by atoms with Crippen molar-refractivity contribution in [1.82, 2.24) is 14.9 Å². The van der Waals surface area contributed by atoms with Crippen LogP contribution in [0.3, 0.4) is 0 Å². The molecule has 0 unspecified atom stereocenters. The number of carbonyl (C=O) groups is 1. The maximum absolute atomic E-state index is 12.1. The summed E-state index contributed by atoms with van der Waals surface area (Å²) >= 11 is 5.72. The topological polar surface area (TPSA) is 49.3 Å². The molecule has 2 heterocycles. The largest absolute Gasteiger partial charge is 0.353 e. The number of hydrogen-bond acceptors (Lipinski definition) is 4. The minimum atomic E-state index is 0.141. The summed E-state index contributed by atoms with van der Waals surface area (Å²) in [5.41, 5.74) is 4.85. The van der Waals surface area contributed by atoms with E-state index < -0.39 is 0 Å². The quantitative estimate of drug-likeness (QED) is 0.696. The van der Waals surface area contributed by atoms with Gasteiger partial charge in [-0.2, -0.15) is 0 Å². The van der Waals surface area contributed by atoms with Gasteiger partial charge in [-0.05, 0) is 25.8 Å². The average molecular weight is 401 g/mol. The fraction of sp³-hybridized carbons (Fsp3) is 0.500. The van der Waals surface area contributed by atoms with Crippen LogP contribution in [0.5, 0.6) is 0 Å². The Hall–Kier alpha value is -2.14. The summed E-state index contributed by atoms with van der Waals surface area (Å²) in [6.07, 6.45) is 2.11. The highest BCUT2D eigenvalue weighted by molar-refractivity contribution is 6.18. The molecular formula is C22H29ClN4O. The van der Waals surface area contributed by atoms with Crippen LogP contribution < -0.4 is 4.90 Å². The van der Waals surface area contributed by atoms with Crippen molar-refractivity contribution in [3.8, 4) is 0 Å². The van der Waals surface area contributed by atoms with E-state index in [1.54, 1.807) is 0 Å². The van der Waals surface area contributed by atoms with Crippen LogP contribution in [-0.4, -0.2) is 52.8 Å². The van der Waals surface area contributed by atoms with Crippen molar-refractivity contribution in [3.63, 3.8) is 0 Å². The fourth-order valence-corrected chi connectivity index (χ4v) is 3.85. The fourth-order valence-electron chi connectivity index (χ4n) is 3.69. The van der Waals surface area contributed by atoms with Gasteiger partial charge in [0.1, 0.15) is 11.6 Å². The van der Waals surface area contributed by atoms with Gasteiger partial charge in [0.25, 0.3) is 0 Å². The van der Waals surface area contributed by atoms with E-state index in [0.29, 0.717) is 25.4 Å². The normalized spacial score (nSPS) is 14.4. The van der Waals surface area contributed by atoms with Gasteiger partial charge in [-0.25, -0.2) is 9.97 Å². The van der Waals surface area contributed by atoms with E-state index in [9.17, 15) is 4.79 Å². The highest BCUT2D eigenvalue weighted by atomic mass is 35.5. The molecule has 1 aromatic heterocycles. The van der Waals surface area contributed by atoms with Gasteiger partial charge in [-0.15, -0.1) is 11.6 Å². The third-order valence-electron chi connectivity index (χ3n) is 5.26. The van der Waals surface area contributed by atoms with Gasteiger partial charge < -0.3 is 9.80 Å². The summed E-state index contributed by atoms with van der Waals surface area (Å²) in [6.45, 7) is 9.20. The van der Waals surface area contributed by atoms with Crippen molar-refractivity contribution < 1.29 is 4.79 Å². The van der Waals surface area contributed by atoms with Crippen molar-refractivity contribution in [2.45, 2.75) is 40.0 Å². The van der Waals surface area contributed by atoms with E-state index in [1.807, 2.05) is 11.8 Å². The Balaban J connectivity index is 1.85. The predicted molar refractivity (Wildman–Crippen MR) is 114 cm³/mol. The summed E-state index contributed by atoms with van der Waals surface area (Å²) in [5.74, 6) is 2.35. The minimum Gasteiger partial charge on any atom is -0.353 e. The van der Waals surface area contributed by atoms with Gasteiger partial charge in [0.05, 0.1) is 0 Å². The van der Waals surface area contributed by atoms with Gasteiger partial charge in [0.2, 0.25) is 5.91 Å². The first-order valence-electron chi connectivity index (χ1n) is 10.0. The summed E-state index contributed by atoms with van der Waals surface area (Å²) in [4.78, 5) is 25.9. The number of carbonyl (C=O) groups excluding carboxylic acids is 1. The van der Waals surface area contributed by atoms with Crippen LogP contribution >= 0.6 is 11.6 Å². The second-order valence-electron chi connectivity index (χ2n) is 7.34. The number of nitrogens with zero attached hydrogens (tertiary/aromatic N) is 4. The highest BCUT2D eigenvalue weighted by Gasteiger charge is 2.24. The molecule has 0 saturated carbocycles. The molecule has 0 N–H and O–H groups in total. The van der Waals surface area contributed by atoms with E-state index in [0.717, 1.165) is 43.3 Å². The van der Waals surface area contributed by atoms with Gasteiger partial charge >= 0.3 is 0 Å². The Labute approximate surface area is 172 Å². The molecule has 2 aromatic rings. The first-order valence-corrected chi connectivity index (χ1v) is 10.6. The number of benzene rings is 1. The molecule has 1 aliphatic heterocycles. The monoisotopic (exact) mass is 400 g/mol. The Bertz CT molecular complexity index is 814. The number of rotatable bonds is 6. The summed E-state index contributed by atoms with van der Waals surface area (Å²) in [7, 11) is 0. The molecule has 1 amide bonds. The van der Waals surface area contributed by atoms with Crippen LogP contribution in [0.15, 0.2) is 24.3 Å². The maximum atomic E-state index is 12.1. The van der Waals surface area contributed by atoms with E-state index in [-0.39, 0.29) is 5.91 Å². The molecule has 1 fully saturated rings. The lowest BCUT2D eigenvalue weighted by molar-refractivity contribution is -0.131. The molecule has 0 radical (unpaired) electrons. The third-order valence-corrected chi connectivity index (χ3v) is 5.45. The first-order chi connectivity index (χ1) is 13.5. The number of aromatic nitrogens is 2. The zero-order chi connectivity index (χ0) is 20.1. The Kier molecular flexibility index (Phi) is 6.89. The number of piperazine rings is 1. The van der Waals surface area contributed by atoms with Gasteiger partial charge in [-0.1, -0.05) is 36.8 Å². The van der Waals surface area contributed by atoms with Crippen LogP contribution in [0.2, 0.25) is 0 Å². The van der Waals surface area contributed by atoms with E-state index in [1.165, 1.54) is 16.7 Å². The number of anilines is 1. The molecule has 0 aliphatic carbocycles. The molecule has 0 spiro atoms. The van der Waals surface area contributed by atoms with Crippen LogP contribution in [0, 0.1) is 13.8 Å². The van der Waals surface area contributed by atoms with Crippen molar-refractivity contribution in [2.75, 3.05) is 37.0 Å². The van der Waals surface area contributed by atoms with E-state index in [4.69, 9.17) is 21.6 Å². The van der Waals surface area contributed by atoms with Gasteiger partial charge in [0, 0.05) is 56.2 Å². The van der Waals surface area contributed by atoms with Crippen LogP contribution in [0.25, 0.3) is 0 Å². The molecule has 6 heteroatoms. The lowest BCUT2D eigenvalue weighted by Gasteiger charge is -2.36. The average Bonchev–Trinajstić information content (AvgIpc) is 2.71. The van der Waals surface area contributed by atoms with Crippen molar-refractivity contribution in [1.29, 1.82) is 0 Å². The number of alkyl halides is 1. The smallest absolute Gasteiger partial charge is 0.223 e. The number of amides is 1. The SMILES string of the molecule is CCc1nc(C)nc(N2CCN(C(=O)CCCl)CC2)c1Cc1ccc(C)cc1. The second kappa shape index (κ2) is 9.37. The molecule has 1 aromatic carbocycles. The Morgan fingerprint density at radius 2 is 1.75 bits per heavy atom. The van der Waals surface area contributed by atoms with Crippen molar-refractivity contribution >= 4 is 23.3 Å². The predicted octanol–water partition coefficient (Wildman–Crippen LogP) is 3.52. The van der Waals surface area contributed by atoms with Crippen molar-refractivity contribution in [3.05, 3.63) is 52.5 Å². The zero-order valence-corrected chi connectivity index (χ0v) is 17.8. The molecular weight excluding hydrogens is 372 g/mol. The summed E-state index contributed by atoms with van der Waals surface area (Å²) in [6, 6.07) is 8.66. The zero-order valence-electron chi connectivity index (χ0n) is 17.0. The molecule has 3 rings (SSSR count). The van der Waals surface area contributed by atoms with Crippen LogP contribution in [0.1, 0.15) is 41.6 Å². The molecule has 150 valence electrons. The lowest BCUT2D eigenvalue weighted by atomic mass is 10.0. The summed E-state index contributed by atoms with van der Waals surface area (Å²) in [5, 5.41) is 0. The molecule has 0 bridgehead atoms. The third kappa shape index (κ3) is 4.82. The summed E-state index contributed by atoms with van der Waals surface area (Å²) < 4.78 is 0. The number of halogens is 1. The lowest BCUT2D eigenvalue weighted by Crippen LogP contribution is -2.49. The first kappa shape index (κ1) is 20.6. The molecule has 1 aliphatic rings. The van der Waals surface area contributed by atoms with Gasteiger partial charge in [0.15, 0.2) is 0 Å². The van der Waals surface area contributed by atoms with Crippen molar-refractivity contribution in [2.24, 2.45) is 0 Å². The molecule has 0 atom stereocenters. The van der Waals surface area contributed by atoms with Gasteiger partial charge in [-0.3, -0.25) is 4.79 Å². The minimum absolute atomic E-state index is 0.141. The highest BCUT2D eigenvalue weighted by Crippen LogP contribution is 2.26. The molecule has 1 saturated heterocycles. The van der Waals surface area contributed by atoms with Crippen LogP contribution in [-0.2, 0) is 17.6 Å². The standard InChI is InChI=1S/C22H29ClN4O/c1-4-20-19(15-18-7-5-16(2)6-8-18)22(25-17(3)24-20)27-13-11-26(12-14-27)21(28)9-10-23/h5-8H,4,9-15H2,1-3H3. The molecule has 5 nitrogen and oxygen atoms in total. The maximum Gasteiger partial charge on any atom is 0.223 e. The van der Waals surface area contributed by atoms with Crippen LogP contribution in [0.4, 0.5) is 5.82 Å². The molecule has 28 heavy (non-hydrogen) atoms.